The molecule has 0 saturated heterocycles. The molecule has 2 aromatic heterocycles. The Morgan fingerprint density at radius 2 is 1.86 bits per heavy atom. The molecule has 6 nitrogen and oxygen atoms in total. The number of aromatic nitrogens is 4. The fourth-order valence-electron chi connectivity index (χ4n) is 3.20. The number of aryl methyl sites for hydroxylation is 1. The van der Waals surface area contributed by atoms with Crippen LogP contribution in [0.3, 0.4) is 0 Å². The number of carbonyl (C=O) groups excluding carboxylic acids is 1. The first kappa shape index (κ1) is 18.0. The van der Waals surface area contributed by atoms with Gasteiger partial charge in [-0.1, -0.05) is 12.1 Å². The van der Waals surface area contributed by atoms with Gasteiger partial charge in [-0.15, -0.1) is 0 Å². The molecule has 144 valence electrons. The molecule has 2 heterocycles. The molecular formula is C19H16F3N5O. The summed E-state index contributed by atoms with van der Waals surface area (Å²) in [6.45, 7) is 1.42. The van der Waals surface area contributed by atoms with E-state index in [0.29, 0.717) is 5.69 Å². The van der Waals surface area contributed by atoms with Crippen LogP contribution in [-0.2, 0) is 18.0 Å². The van der Waals surface area contributed by atoms with Gasteiger partial charge < -0.3 is 14.5 Å². The third-order valence-electron chi connectivity index (χ3n) is 4.61. The van der Waals surface area contributed by atoms with Crippen LogP contribution < -0.4 is 5.32 Å². The van der Waals surface area contributed by atoms with E-state index < -0.39 is 23.9 Å². The second-order valence-corrected chi connectivity index (χ2v) is 6.52. The number of fused-ring (bicyclic) bond motifs is 2. The number of amides is 1. The minimum atomic E-state index is -4.68. The van der Waals surface area contributed by atoms with Crippen molar-refractivity contribution in [3.05, 3.63) is 54.6 Å². The summed E-state index contributed by atoms with van der Waals surface area (Å²) in [6, 6.07) is 10.2. The normalized spacial score (nSPS) is 13.2. The highest BCUT2D eigenvalue weighted by atomic mass is 19.4. The molecule has 0 aliphatic carbocycles. The molecule has 28 heavy (non-hydrogen) atoms. The Morgan fingerprint density at radius 1 is 1.11 bits per heavy atom. The third-order valence-corrected chi connectivity index (χ3v) is 4.61. The summed E-state index contributed by atoms with van der Waals surface area (Å²) >= 11 is 0. The number of hydrogen-bond donors (Lipinski definition) is 1. The van der Waals surface area contributed by atoms with Crippen LogP contribution >= 0.6 is 0 Å². The zero-order valence-electron chi connectivity index (χ0n) is 15.0. The monoisotopic (exact) mass is 387 g/mol. The predicted molar refractivity (Wildman–Crippen MR) is 98.8 cm³/mol. The number of carbonyl (C=O) groups is 1. The Balaban J connectivity index is 1.71. The minimum Gasteiger partial charge on any atom is -0.334 e. The van der Waals surface area contributed by atoms with E-state index in [-0.39, 0.29) is 11.0 Å². The molecular weight excluding hydrogens is 371 g/mol. The molecule has 0 radical (unpaired) electrons. The first-order chi connectivity index (χ1) is 13.3. The van der Waals surface area contributed by atoms with Gasteiger partial charge in [0.1, 0.15) is 6.04 Å². The SMILES string of the molecule is C[C@@H](C(=O)Nc1ccc2ncn(C)c2c1)n1c(C(F)(F)F)nc2ccccc21. The van der Waals surface area contributed by atoms with E-state index in [4.69, 9.17) is 0 Å². The third kappa shape index (κ3) is 2.98. The first-order valence-corrected chi connectivity index (χ1v) is 8.52. The van der Waals surface area contributed by atoms with Crippen LogP contribution in [0.2, 0.25) is 0 Å². The molecule has 0 bridgehead atoms. The van der Waals surface area contributed by atoms with Gasteiger partial charge in [0.25, 0.3) is 0 Å². The Morgan fingerprint density at radius 3 is 2.61 bits per heavy atom. The number of benzene rings is 2. The van der Waals surface area contributed by atoms with Crippen molar-refractivity contribution in [2.45, 2.75) is 19.1 Å². The number of hydrogen-bond acceptors (Lipinski definition) is 3. The lowest BCUT2D eigenvalue weighted by Gasteiger charge is -2.18. The van der Waals surface area contributed by atoms with Crippen molar-refractivity contribution in [2.75, 3.05) is 5.32 Å². The van der Waals surface area contributed by atoms with E-state index in [0.717, 1.165) is 15.6 Å². The lowest BCUT2D eigenvalue weighted by atomic mass is 10.2. The predicted octanol–water partition coefficient (Wildman–Crippen LogP) is 4.14. The number of anilines is 1. The molecule has 1 N–H and O–H groups in total. The van der Waals surface area contributed by atoms with Crippen molar-refractivity contribution < 1.29 is 18.0 Å². The van der Waals surface area contributed by atoms with Crippen LogP contribution in [0.5, 0.6) is 0 Å². The maximum absolute atomic E-state index is 13.5. The highest BCUT2D eigenvalue weighted by Crippen LogP contribution is 2.34. The molecule has 0 aliphatic heterocycles. The molecule has 2 aromatic carbocycles. The summed E-state index contributed by atoms with van der Waals surface area (Å²) in [4.78, 5) is 20.6. The Kier molecular flexibility index (Phi) is 4.10. The molecule has 0 saturated carbocycles. The lowest BCUT2D eigenvalue weighted by Crippen LogP contribution is -2.27. The number of para-hydroxylation sites is 2. The minimum absolute atomic E-state index is 0.186. The van der Waals surface area contributed by atoms with Gasteiger partial charge in [0, 0.05) is 12.7 Å². The Bertz CT molecular complexity index is 1190. The highest BCUT2D eigenvalue weighted by molar-refractivity contribution is 5.96. The zero-order chi connectivity index (χ0) is 20.1. The second-order valence-electron chi connectivity index (χ2n) is 6.52. The van der Waals surface area contributed by atoms with E-state index in [1.54, 1.807) is 41.2 Å². The van der Waals surface area contributed by atoms with Crippen LogP contribution in [0.25, 0.3) is 22.1 Å². The highest BCUT2D eigenvalue weighted by Gasteiger charge is 2.39. The number of nitrogens with one attached hydrogen (secondary N) is 1. The van der Waals surface area contributed by atoms with E-state index in [9.17, 15) is 18.0 Å². The summed E-state index contributed by atoms with van der Waals surface area (Å²) in [5.41, 5.74) is 2.47. The van der Waals surface area contributed by atoms with Crippen molar-refractivity contribution in [1.29, 1.82) is 0 Å². The number of halogens is 3. The fourth-order valence-corrected chi connectivity index (χ4v) is 3.20. The number of imidazole rings is 2. The quantitative estimate of drug-likeness (QED) is 0.575. The molecule has 0 fully saturated rings. The molecule has 1 amide bonds. The fraction of sp³-hybridized carbons (Fsp3) is 0.211. The average molecular weight is 387 g/mol. The summed E-state index contributed by atoms with van der Waals surface area (Å²) in [5, 5.41) is 2.69. The second kappa shape index (κ2) is 6.36. The summed E-state index contributed by atoms with van der Waals surface area (Å²) in [6.07, 6.45) is -3.03. The van der Waals surface area contributed by atoms with E-state index >= 15 is 0 Å². The van der Waals surface area contributed by atoms with Gasteiger partial charge in [0.2, 0.25) is 11.7 Å². The van der Waals surface area contributed by atoms with Crippen molar-refractivity contribution in [3.8, 4) is 0 Å². The van der Waals surface area contributed by atoms with E-state index in [1.807, 2.05) is 7.05 Å². The average Bonchev–Trinajstić information content (AvgIpc) is 3.22. The summed E-state index contributed by atoms with van der Waals surface area (Å²) < 4.78 is 43.2. The molecule has 1 atom stereocenters. The van der Waals surface area contributed by atoms with Crippen molar-refractivity contribution in [3.63, 3.8) is 0 Å². The smallest absolute Gasteiger partial charge is 0.334 e. The number of rotatable bonds is 3. The van der Waals surface area contributed by atoms with Gasteiger partial charge in [-0.3, -0.25) is 4.79 Å². The van der Waals surface area contributed by atoms with Crippen molar-refractivity contribution in [1.82, 2.24) is 19.1 Å². The van der Waals surface area contributed by atoms with Crippen LogP contribution in [0.4, 0.5) is 18.9 Å². The molecule has 9 heteroatoms. The first-order valence-electron chi connectivity index (χ1n) is 8.52. The maximum Gasteiger partial charge on any atom is 0.449 e. The summed E-state index contributed by atoms with van der Waals surface area (Å²) in [5.74, 6) is -1.67. The van der Waals surface area contributed by atoms with E-state index in [1.165, 1.54) is 19.1 Å². The molecule has 0 aliphatic rings. The molecule has 4 rings (SSSR count). The molecule has 4 aromatic rings. The maximum atomic E-state index is 13.5. The number of nitrogens with zero attached hydrogens (tertiary/aromatic N) is 4. The van der Waals surface area contributed by atoms with Crippen LogP contribution in [0.1, 0.15) is 18.8 Å². The van der Waals surface area contributed by atoms with Crippen LogP contribution in [0.15, 0.2) is 48.8 Å². The topological polar surface area (TPSA) is 64.7 Å². The van der Waals surface area contributed by atoms with Gasteiger partial charge in [-0.05, 0) is 37.3 Å². The van der Waals surface area contributed by atoms with Gasteiger partial charge in [-0.2, -0.15) is 13.2 Å². The molecule has 0 spiro atoms. The van der Waals surface area contributed by atoms with Crippen LogP contribution in [0, 0.1) is 0 Å². The van der Waals surface area contributed by atoms with Crippen LogP contribution in [-0.4, -0.2) is 25.0 Å². The lowest BCUT2D eigenvalue weighted by molar-refractivity contribution is -0.148. The van der Waals surface area contributed by atoms with Crippen molar-refractivity contribution in [2.24, 2.45) is 7.05 Å². The summed E-state index contributed by atoms with van der Waals surface area (Å²) in [7, 11) is 1.82. The van der Waals surface area contributed by atoms with Gasteiger partial charge >= 0.3 is 6.18 Å². The standard InChI is InChI=1S/C19H16F3N5O/c1-11(17(28)24-12-7-8-13-16(9-12)26(2)10-23-13)27-15-6-4-3-5-14(15)25-18(27)19(20,21)22/h3-11H,1-2H3,(H,24,28)/t11-/m0/s1. The molecule has 0 unspecified atom stereocenters. The largest absolute Gasteiger partial charge is 0.449 e. The Hall–Kier alpha value is -3.36. The van der Waals surface area contributed by atoms with Gasteiger partial charge in [0.15, 0.2) is 0 Å². The van der Waals surface area contributed by atoms with Gasteiger partial charge in [0.05, 0.1) is 28.4 Å². The Labute approximate surface area is 157 Å². The van der Waals surface area contributed by atoms with Gasteiger partial charge in [-0.25, -0.2) is 9.97 Å². The van der Waals surface area contributed by atoms with E-state index in [2.05, 4.69) is 15.3 Å². The van der Waals surface area contributed by atoms with Crippen molar-refractivity contribution >= 4 is 33.7 Å². The zero-order valence-corrected chi connectivity index (χ0v) is 15.0. The number of alkyl halides is 3.